The number of carbonyl (C=O) groups is 2. The second kappa shape index (κ2) is 6.81. The van der Waals surface area contributed by atoms with Crippen molar-refractivity contribution in [2.24, 2.45) is 5.73 Å². The van der Waals surface area contributed by atoms with Crippen LogP contribution in [0.15, 0.2) is 53.3 Å². The smallest absolute Gasteiger partial charge is 0.248 e. The van der Waals surface area contributed by atoms with Gasteiger partial charge >= 0.3 is 0 Å². The molecule has 0 bridgehead atoms. The molecule has 0 aliphatic carbocycles. The Morgan fingerprint density at radius 2 is 1.97 bits per heavy atom. The minimum absolute atomic E-state index is 0.0550. The lowest BCUT2D eigenvalue weighted by Gasteiger charge is -2.39. The zero-order valence-electron chi connectivity index (χ0n) is 16.4. The van der Waals surface area contributed by atoms with Crippen molar-refractivity contribution in [2.45, 2.75) is 24.8 Å². The number of hydrogen-bond acceptors (Lipinski definition) is 4. The SMILES string of the molecule is NC(=O)c1ccc2[nH]c(CN3CCC[C@]4(C3)C(=O)Nc3ccccc34)cc(=O)c2c1. The van der Waals surface area contributed by atoms with Crippen molar-refractivity contribution in [3.8, 4) is 0 Å². The number of primary amides is 1. The number of fused-ring (bicyclic) bond motifs is 3. The first-order chi connectivity index (χ1) is 14.5. The van der Waals surface area contributed by atoms with Crippen molar-refractivity contribution in [1.29, 1.82) is 0 Å². The summed E-state index contributed by atoms with van der Waals surface area (Å²) < 4.78 is 0. The molecule has 4 N–H and O–H groups in total. The average Bonchev–Trinajstić information content (AvgIpc) is 2.99. The van der Waals surface area contributed by atoms with Gasteiger partial charge in [-0.25, -0.2) is 0 Å². The van der Waals surface area contributed by atoms with Crippen LogP contribution >= 0.6 is 0 Å². The average molecular weight is 402 g/mol. The lowest BCUT2D eigenvalue weighted by Crippen LogP contribution is -2.49. The lowest BCUT2D eigenvalue weighted by atomic mass is 9.75. The molecule has 7 nitrogen and oxygen atoms in total. The van der Waals surface area contributed by atoms with Gasteiger partial charge in [0.1, 0.15) is 0 Å². The van der Waals surface area contributed by atoms with E-state index in [1.165, 1.54) is 6.07 Å². The predicted octanol–water partition coefficient (Wildman–Crippen LogP) is 2.11. The normalized spacial score (nSPS) is 21.0. The maximum Gasteiger partial charge on any atom is 0.248 e. The van der Waals surface area contributed by atoms with E-state index in [-0.39, 0.29) is 11.3 Å². The highest BCUT2D eigenvalue weighted by molar-refractivity contribution is 6.06. The Bertz CT molecular complexity index is 1250. The molecule has 0 saturated carbocycles. The number of nitrogens with one attached hydrogen (secondary N) is 2. The molecule has 5 rings (SSSR count). The van der Waals surface area contributed by atoms with Crippen molar-refractivity contribution in [2.75, 3.05) is 18.4 Å². The van der Waals surface area contributed by atoms with Gasteiger partial charge in [-0.05, 0) is 49.2 Å². The summed E-state index contributed by atoms with van der Waals surface area (Å²) in [5.74, 6) is -0.506. The van der Waals surface area contributed by atoms with Crippen LogP contribution in [-0.2, 0) is 16.8 Å². The minimum atomic E-state index is -0.561. The number of aromatic nitrogens is 1. The summed E-state index contributed by atoms with van der Waals surface area (Å²) in [7, 11) is 0. The van der Waals surface area contributed by atoms with Crippen LogP contribution in [0.4, 0.5) is 5.69 Å². The second-order valence-corrected chi connectivity index (χ2v) is 8.18. The number of para-hydroxylation sites is 1. The Balaban J connectivity index is 1.44. The summed E-state index contributed by atoms with van der Waals surface area (Å²) in [6.07, 6.45) is 1.72. The molecule has 1 spiro atoms. The summed E-state index contributed by atoms with van der Waals surface area (Å²) >= 11 is 0. The summed E-state index contributed by atoms with van der Waals surface area (Å²) in [6.45, 7) is 2.01. The van der Waals surface area contributed by atoms with Crippen molar-refractivity contribution in [1.82, 2.24) is 9.88 Å². The quantitative estimate of drug-likeness (QED) is 0.623. The highest BCUT2D eigenvalue weighted by Crippen LogP contribution is 2.43. The molecule has 1 saturated heterocycles. The Morgan fingerprint density at radius 3 is 2.80 bits per heavy atom. The lowest BCUT2D eigenvalue weighted by molar-refractivity contribution is -0.122. The fourth-order valence-electron chi connectivity index (χ4n) is 4.84. The third kappa shape index (κ3) is 2.90. The first kappa shape index (κ1) is 18.6. The highest BCUT2D eigenvalue weighted by Gasteiger charge is 2.48. The molecule has 3 heterocycles. The third-order valence-corrected chi connectivity index (χ3v) is 6.26. The van der Waals surface area contributed by atoms with E-state index in [2.05, 4.69) is 15.2 Å². The standard InChI is InChI=1S/C23H22N4O3/c24-21(29)14-6-7-18-16(10-14)20(28)11-15(25-18)12-27-9-3-8-23(13-27)17-4-1-2-5-19(17)26-22(23)30/h1-2,4-7,10-11H,3,8-9,12-13H2,(H2,24,29)(H,25,28)(H,26,30)/t23-/m1/s1. The number of hydrogen-bond donors (Lipinski definition) is 3. The molecule has 152 valence electrons. The number of nitrogens with zero attached hydrogens (tertiary/aromatic N) is 1. The molecule has 2 amide bonds. The van der Waals surface area contributed by atoms with Crippen molar-refractivity contribution >= 4 is 28.4 Å². The topological polar surface area (TPSA) is 108 Å². The number of rotatable bonds is 3. The molecule has 0 unspecified atom stereocenters. The number of carbonyl (C=O) groups excluding carboxylic acids is 2. The van der Waals surface area contributed by atoms with E-state index >= 15 is 0 Å². The number of aromatic amines is 1. The number of pyridine rings is 1. The van der Waals surface area contributed by atoms with Gasteiger partial charge in [0, 0.05) is 47.0 Å². The molecule has 2 aliphatic heterocycles. The predicted molar refractivity (Wildman–Crippen MR) is 114 cm³/mol. The summed E-state index contributed by atoms with van der Waals surface area (Å²) in [4.78, 5) is 42.4. The minimum Gasteiger partial charge on any atom is -0.366 e. The molecular formula is C23H22N4O3. The van der Waals surface area contributed by atoms with E-state index < -0.39 is 11.3 Å². The van der Waals surface area contributed by atoms with Crippen LogP contribution in [-0.4, -0.2) is 34.8 Å². The molecule has 3 aromatic rings. The first-order valence-electron chi connectivity index (χ1n) is 10.1. The van der Waals surface area contributed by atoms with E-state index in [1.807, 2.05) is 24.3 Å². The van der Waals surface area contributed by atoms with Gasteiger partial charge in [0.2, 0.25) is 11.8 Å². The molecular weight excluding hydrogens is 380 g/mol. The molecule has 30 heavy (non-hydrogen) atoms. The number of piperidine rings is 1. The summed E-state index contributed by atoms with van der Waals surface area (Å²) in [6, 6.07) is 14.3. The van der Waals surface area contributed by atoms with Gasteiger partial charge in [0.25, 0.3) is 0 Å². The van der Waals surface area contributed by atoms with Crippen LogP contribution in [0.2, 0.25) is 0 Å². The van der Waals surface area contributed by atoms with Gasteiger partial charge in [-0.15, -0.1) is 0 Å². The number of likely N-dealkylation sites (tertiary alicyclic amines) is 1. The highest BCUT2D eigenvalue weighted by atomic mass is 16.2. The van der Waals surface area contributed by atoms with Crippen LogP contribution < -0.4 is 16.5 Å². The molecule has 2 aliphatic rings. The second-order valence-electron chi connectivity index (χ2n) is 8.18. The summed E-state index contributed by atoms with van der Waals surface area (Å²) in [5, 5.41) is 3.47. The van der Waals surface area contributed by atoms with Crippen LogP contribution in [0.3, 0.4) is 0 Å². The number of benzene rings is 2. The molecule has 1 fully saturated rings. The van der Waals surface area contributed by atoms with Crippen LogP contribution in [0.1, 0.15) is 34.5 Å². The van der Waals surface area contributed by atoms with Gasteiger partial charge in [-0.2, -0.15) is 0 Å². The fraction of sp³-hybridized carbons (Fsp3) is 0.261. The molecule has 1 aromatic heterocycles. The number of H-pyrrole nitrogens is 1. The largest absolute Gasteiger partial charge is 0.366 e. The molecule has 1 atom stereocenters. The van der Waals surface area contributed by atoms with Crippen LogP contribution in [0.5, 0.6) is 0 Å². The Morgan fingerprint density at radius 1 is 1.13 bits per heavy atom. The van der Waals surface area contributed by atoms with Gasteiger partial charge in [-0.1, -0.05) is 18.2 Å². The Hall–Kier alpha value is -3.45. The van der Waals surface area contributed by atoms with Crippen LogP contribution in [0, 0.1) is 0 Å². The van der Waals surface area contributed by atoms with Gasteiger partial charge in [0.15, 0.2) is 5.43 Å². The van der Waals surface area contributed by atoms with Crippen molar-refractivity contribution < 1.29 is 9.59 Å². The molecule has 0 radical (unpaired) electrons. The van der Waals surface area contributed by atoms with E-state index in [0.29, 0.717) is 29.6 Å². The summed E-state index contributed by atoms with van der Waals surface area (Å²) in [5.41, 5.74) is 8.34. The zero-order valence-corrected chi connectivity index (χ0v) is 16.4. The fourth-order valence-corrected chi connectivity index (χ4v) is 4.84. The van der Waals surface area contributed by atoms with E-state index in [1.54, 1.807) is 18.2 Å². The Kier molecular flexibility index (Phi) is 4.22. The van der Waals surface area contributed by atoms with Gasteiger partial charge < -0.3 is 16.0 Å². The van der Waals surface area contributed by atoms with Gasteiger partial charge in [0.05, 0.1) is 5.41 Å². The van der Waals surface area contributed by atoms with Crippen molar-refractivity contribution in [3.63, 3.8) is 0 Å². The monoisotopic (exact) mass is 402 g/mol. The zero-order chi connectivity index (χ0) is 20.9. The first-order valence-corrected chi connectivity index (χ1v) is 10.1. The molecule has 2 aromatic carbocycles. The van der Waals surface area contributed by atoms with E-state index in [9.17, 15) is 14.4 Å². The Labute approximate surface area is 172 Å². The number of anilines is 1. The maximum atomic E-state index is 12.9. The van der Waals surface area contributed by atoms with E-state index in [4.69, 9.17) is 5.73 Å². The maximum absolute atomic E-state index is 12.9. The van der Waals surface area contributed by atoms with E-state index in [0.717, 1.165) is 36.3 Å². The van der Waals surface area contributed by atoms with Crippen molar-refractivity contribution in [3.05, 3.63) is 75.6 Å². The van der Waals surface area contributed by atoms with Crippen LogP contribution in [0.25, 0.3) is 10.9 Å². The molecule has 7 heteroatoms. The van der Waals surface area contributed by atoms with Gasteiger partial charge in [-0.3, -0.25) is 19.3 Å². The third-order valence-electron chi connectivity index (χ3n) is 6.26. The number of amides is 2. The number of nitrogens with two attached hydrogens (primary N) is 1.